The molecule has 0 spiro atoms. The number of anilines is 3. The molecule has 17 heavy (non-hydrogen) atoms. The van der Waals surface area contributed by atoms with Crippen LogP contribution >= 0.6 is 0 Å². The third-order valence-corrected chi connectivity index (χ3v) is 2.01. The van der Waals surface area contributed by atoms with Crippen molar-refractivity contribution in [3.63, 3.8) is 0 Å². The number of hydrogen-bond acceptors (Lipinski definition) is 3. The highest BCUT2D eigenvalue weighted by Crippen LogP contribution is 2.23. The quantitative estimate of drug-likeness (QED) is 0.549. The first-order chi connectivity index (χ1) is 7.90. The van der Waals surface area contributed by atoms with Crippen LogP contribution in [0.3, 0.4) is 0 Å². The molecule has 0 fully saturated rings. The fourth-order valence-electron chi connectivity index (χ4n) is 1.17. The van der Waals surface area contributed by atoms with Gasteiger partial charge in [-0.05, 0) is 25.1 Å². The number of benzene rings is 1. The number of rotatable bonds is 3. The van der Waals surface area contributed by atoms with E-state index in [-0.39, 0.29) is 11.8 Å². The molecule has 0 unspecified atom stereocenters. The third-order valence-electron chi connectivity index (χ3n) is 2.01. The first kappa shape index (κ1) is 12.8. The number of nitrogens with two attached hydrogens (primary N) is 1. The number of amides is 2. The molecule has 4 N–H and O–H groups in total. The second-order valence-electron chi connectivity index (χ2n) is 3.72. The first-order valence-corrected chi connectivity index (χ1v) is 5.04. The normalized spacial score (nSPS) is 9.53. The van der Waals surface area contributed by atoms with Crippen molar-refractivity contribution in [3.05, 3.63) is 30.4 Å². The Hall–Kier alpha value is -2.30. The van der Waals surface area contributed by atoms with Gasteiger partial charge in [-0.25, -0.2) is 0 Å². The lowest BCUT2D eigenvalue weighted by Crippen LogP contribution is -2.14. The zero-order valence-electron chi connectivity index (χ0n) is 9.83. The lowest BCUT2D eigenvalue weighted by Gasteiger charge is -2.10. The number of nitrogens with one attached hydrogen (secondary N) is 2. The minimum absolute atomic E-state index is 0.188. The Balaban J connectivity index is 2.94. The second-order valence-corrected chi connectivity index (χ2v) is 3.72. The topological polar surface area (TPSA) is 84.2 Å². The molecule has 1 rings (SSSR count). The summed E-state index contributed by atoms with van der Waals surface area (Å²) in [7, 11) is 0. The van der Waals surface area contributed by atoms with Crippen molar-refractivity contribution in [2.45, 2.75) is 13.8 Å². The molecule has 5 heteroatoms. The summed E-state index contributed by atoms with van der Waals surface area (Å²) in [4.78, 5) is 22.3. The Labute approximate surface area is 99.7 Å². The number of carbonyl (C=O) groups excluding carboxylic acids is 2. The Kier molecular flexibility index (Phi) is 3.87. The second kappa shape index (κ2) is 5.16. The summed E-state index contributed by atoms with van der Waals surface area (Å²) in [6, 6.07) is 4.87. The minimum Gasteiger partial charge on any atom is -0.397 e. The molecule has 0 aliphatic heterocycles. The van der Waals surface area contributed by atoms with Gasteiger partial charge in [0.15, 0.2) is 0 Å². The van der Waals surface area contributed by atoms with E-state index in [2.05, 4.69) is 17.2 Å². The van der Waals surface area contributed by atoms with Gasteiger partial charge in [0, 0.05) is 18.2 Å². The Morgan fingerprint density at radius 2 is 1.88 bits per heavy atom. The monoisotopic (exact) mass is 233 g/mol. The van der Waals surface area contributed by atoms with E-state index >= 15 is 0 Å². The highest BCUT2D eigenvalue weighted by Gasteiger charge is 2.07. The van der Waals surface area contributed by atoms with Crippen LogP contribution in [0.2, 0.25) is 0 Å². The van der Waals surface area contributed by atoms with Gasteiger partial charge < -0.3 is 16.4 Å². The predicted molar refractivity (Wildman–Crippen MR) is 68.6 cm³/mol. The van der Waals surface area contributed by atoms with E-state index in [9.17, 15) is 9.59 Å². The Morgan fingerprint density at radius 3 is 2.41 bits per heavy atom. The molecule has 0 atom stereocenters. The third kappa shape index (κ3) is 3.64. The largest absolute Gasteiger partial charge is 0.397 e. The van der Waals surface area contributed by atoms with Gasteiger partial charge in [-0.3, -0.25) is 9.59 Å². The van der Waals surface area contributed by atoms with E-state index in [1.54, 1.807) is 25.1 Å². The molecule has 0 saturated heterocycles. The van der Waals surface area contributed by atoms with Crippen LogP contribution in [0, 0.1) is 0 Å². The highest BCUT2D eigenvalue weighted by molar-refractivity contribution is 6.05. The maximum atomic E-state index is 11.4. The average molecular weight is 233 g/mol. The zero-order valence-corrected chi connectivity index (χ0v) is 9.83. The van der Waals surface area contributed by atoms with Crippen molar-refractivity contribution < 1.29 is 9.59 Å². The van der Waals surface area contributed by atoms with Gasteiger partial charge in [-0.1, -0.05) is 6.58 Å². The standard InChI is InChI=1S/C12H15N3O2/c1-7(2)12(17)15-11-6-9(14-8(3)16)4-5-10(11)13/h4-6H,1,13H2,2-3H3,(H,14,16)(H,15,17). The van der Waals surface area contributed by atoms with Gasteiger partial charge in [0.25, 0.3) is 5.91 Å². The van der Waals surface area contributed by atoms with Crippen molar-refractivity contribution >= 4 is 28.9 Å². The van der Waals surface area contributed by atoms with E-state index in [0.717, 1.165) is 0 Å². The fraction of sp³-hybridized carbons (Fsp3) is 0.167. The van der Waals surface area contributed by atoms with Gasteiger partial charge in [0.2, 0.25) is 5.91 Å². The molecule has 0 aliphatic carbocycles. The van der Waals surface area contributed by atoms with Gasteiger partial charge >= 0.3 is 0 Å². The molecular weight excluding hydrogens is 218 g/mol. The summed E-state index contributed by atoms with van der Waals surface area (Å²) in [5, 5.41) is 5.22. The summed E-state index contributed by atoms with van der Waals surface area (Å²) >= 11 is 0. The first-order valence-electron chi connectivity index (χ1n) is 5.04. The maximum Gasteiger partial charge on any atom is 0.250 e. The van der Waals surface area contributed by atoms with E-state index in [0.29, 0.717) is 22.6 Å². The van der Waals surface area contributed by atoms with Crippen LogP contribution in [0.15, 0.2) is 30.4 Å². The van der Waals surface area contributed by atoms with E-state index in [4.69, 9.17) is 5.73 Å². The van der Waals surface area contributed by atoms with Crippen molar-refractivity contribution in [1.82, 2.24) is 0 Å². The molecule has 0 aromatic heterocycles. The Morgan fingerprint density at radius 1 is 1.24 bits per heavy atom. The molecule has 0 radical (unpaired) electrons. The lowest BCUT2D eigenvalue weighted by atomic mass is 10.2. The smallest absolute Gasteiger partial charge is 0.250 e. The van der Waals surface area contributed by atoms with Crippen molar-refractivity contribution in [2.24, 2.45) is 0 Å². The van der Waals surface area contributed by atoms with Gasteiger partial charge in [0.05, 0.1) is 11.4 Å². The molecule has 5 nitrogen and oxygen atoms in total. The summed E-state index contributed by atoms with van der Waals surface area (Å²) in [6.45, 7) is 6.53. The molecule has 90 valence electrons. The van der Waals surface area contributed by atoms with Crippen LogP contribution in [-0.4, -0.2) is 11.8 Å². The number of hydrogen-bond donors (Lipinski definition) is 3. The highest BCUT2D eigenvalue weighted by atomic mass is 16.2. The van der Waals surface area contributed by atoms with E-state index in [1.807, 2.05) is 0 Å². The summed E-state index contributed by atoms with van der Waals surface area (Å²) < 4.78 is 0. The number of carbonyl (C=O) groups is 2. The fourth-order valence-corrected chi connectivity index (χ4v) is 1.17. The SMILES string of the molecule is C=C(C)C(=O)Nc1cc(NC(C)=O)ccc1N. The minimum atomic E-state index is -0.309. The van der Waals surface area contributed by atoms with Crippen LogP contribution in [-0.2, 0) is 9.59 Å². The molecule has 1 aromatic rings. The lowest BCUT2D eigenvalue weighted by molar-refractivity contribution is -0.114. The van der Waals surface area contributed by atoms with Crippen LogP contribution in [0.1, 0.15) is 13.8 Å². The van der Waals surface area contributed by atoms with Crippen LogP contribution in [0.25, 0.3) is 0 Å². The molecular formula is C12H15N3O2. The number of nitrogen functional groups attached to an aromatic ring is 1. The van der Waals surface area contributed by atoms with Crippen LogP contribution < -0.4 is 16.4 Å². The van der Waals surface area contributed by atoms with Crippen LogP contribution in [0.4, 0.5) is 17.1 Å². The van der Waals surface area contributed by atoms with Crippen molar-refractivity contribution in [1.29, 1.82) is 0 Å². The average Bonchev–Trinajstić information content (AvgIpc) is 2.22. The Bertz CT molecular complexity index is 481. The summed E-state index contributed by atoms with van der Waals surface area (Å²) in [5.74, 6) is -0.497. The molecule has 2 amide bonds. The van der Waals surface area contributed by atoms with Crippen LogP contribution in [0.5, 0.6) is 0 Å². The van der Waals surface area contributed by atoms with Gasteiger partial charge in [-0.2, -0.15) is 0 Å². The summed E-state index contributed by atoms with van der Waals surface area (Å²) in [6.07, 6.45) is 0. The summed E-state index contributed by atoms with van der Waals surface area (Å²) in [5.41, 5.74) is 7.54. The van der Waals surface area contributed by atoms with Crippen molar-refractivity contribution in [2.75, 3.05) is 16.4 Å². The molecule has 0 aliphatic rings. The molecule has 0 saturated carbocycles. The zero-order chi connectivity index (χ0) is 13.0. The molecule has 1 aromatic carbocycles. The maximum absolute atomic E-state index is 11.4. The van der Waals surface area contributed by atoms with Gasteiger partial charge in [-0.15, -0.1) is 0 Å². The van der Waals surface area contributed by atoms with Gasteiger partial charge in [0.1, 0.15) is 0 Å². The van der Waals surface area contributed by atoms with E-state index < -0.39 is 0 Å². The molecule has 0 bridgehead atoms. The van der Waals surface area contributed by atoms with E-state index in [1.165, 1.54) is 6.92 Å². The molecule has 0 heterocycles. The van der Waals surface area contributed by atoms with Crippen molar-refractivity contribution in [3.8, 4) is 0 Å². The predicted octanol–water partition coefficient (Wildman–Crippen LogP) is 1.74.